The Labute approximate surface area is 137 Å². The number of nitrogens with zero attached hydrogens (tertiary/aromatic N) is 1. The summed E-state index contributed by atoms with van der Waals surface area (Å²) in [5, 5.41) is 2.87. The summed E-state index contributed by atoms with van der Waals surface area (Å²) in [5.74, 6) is -0.767. The SMILES string of the molecule is CC(C(=O)NCCN(C)C)c1ccc(-c2ccccc2)c(F)c1. The second kappa shape index (κ2) is 7.88. The lowest BCUT2D eigenvalue weighted by Crippen LogP contribution is -2.33. The van der Waals surface area contributed by atoms with Crippen molar-refractivity contribution in [3.63, 3.8) is 0 Å². The zero-order chi connectivity index (χ0) is 16.8. The van der Waals surface area contributed by atoms with Crippen LogP contribution in [0.15, 0.2) is 48.5 Å². The number of rotatable bonds is 6. The van der Waals surface area contributed by atoms with E-state index in [4.69, 9.17) is 0 Å². The highest BCUT2D eigenvalue weighted by Gasteiger charge is 2.16. The number of hydrogen-bond acceptors (Lipinski definition) is 2. The second-order valence-corrected chi connectivity index (χ2v) is 5.92. The average molecular weight is 314 g/mol. The van der Waals surface area contributed by atoms with Gasteiger partial charge in [0.15, 0.2) is 0 Å². The van der Waals surface area contributed by atoms with E-state index in [2.05, 4.69) is 5.32 Å². The van der Waals surface area contributed by atoms with Crippen LogP contribution in [0.4, 0.5) is 4.39 Å². The maximum absolute atomic E-state index is 14.4. The summed E-state index contributed by atoms with van der Waals surface area (Å²) in [6, 6.07) is 14.4. The van der Waals surface area contributed by atoms with Crippen LogP contribution < -0.4 is 5.32 Å². The Morgan fingerprint density at radius 2 is 1.87 bits per heavy atom. The van der Waals surface area contributed by atoms with Crippen LogP contribution in [0.1, 0.15) is 18.4 Å². The molecule has 1 N–H and O–H groups in total. The standard InChI is InChI=1S/C19H23FN2O/c1-14(19(23)21-11-12-22(2)3)16-9-10-17(18(20)13-16)15-7-5-4-6-8-15/h4-10,13-14H,11-12H2,1-3H3,(H,21,23). The molecule has 0 aliphatic rings. The molecule has 0 aliphatic carbocycles. The van der Waals surface area contributed by atoms with E-state index in [1.165, 1.54) is 6.07 Å². The minimum Gasteiger partial charge on any atom is -0.354 e. The van der Waals surface area contributed by atoms with E-state index < -0.39 is 0 Å². The Hall–Kier alpha value is -2.20. The van der Waals surface area contributed by atoms with Gasteiger partial charge in [-0.2, -0.15) is 0 Å². The number of likely N-dealkylation sites (N-methyl/N-ethyl adjacent to an activating group) is 1. The lowest BCUT2D eigenvalue weighted by molar-refractivity contribution is -0.122. The average Bonchev–Trinajstić information content (AvgIpc) is 2.54. The number of nitrogens with one attached hydrogen (secondary N) is 1. The molecular formula is C19H23FN2O. The molecule has 2 aromatic rings. The predicted molar refractivity (Wildman–Crippen MR) is 91.8 cm³/mol. The van der Waals surface area contributed by atoms with Crippen LogP contribution in [0.5, 0.6) is 0 Å². The molecule has 0 saturated carbocycles. The van der Waals surface area contributed by atoms with Crippen molar-refractivity contribution >= 4 is 5.91 Å². The third kappa shape index (κ3) is 4.63. The number of amides is 1. The van der Waals surface area contributed by atoms with Crippen LogP contribution in [-0.4, -0.2) is 38.0 Å². The molecule has 1 atom stereocenters. The topological polar surface area (TPSA) is 32.3 Å². The Kier molecular flexibility index (Phi) is 5.88. The van der Waals surface area contributed by atoms with Gasteiger partial charge in [0.25, 0.3) is 0 Å². The second-order valence-electron chi connectivity index (χ2n) is 5.92. The molecule has 0 bridgehead atoms. The van der Waals surface area contributed by atoms with Gasteiger partial charge in [-0.15, -0.1) is 0 Å². The molecule has 0 aliphatic heterocycles. The molecule has 23 heavy (non-hydrogen) atoms. The number of halogens is 1. The maximum atomic E-state index is 14.4. The minimum absolute atomic E-state index is 0.0845. The van der Waals surface area contributed by atoms with Crippen LogP contribution in [0, 0.1) is 5.82 Å². The van der Waals surface area contributed by atoms with E-state index in [0.717, 1.165) is 12.1 Å². The van der Waals surface area contributed by atoms with E-state index >= 15 is 0 Å². The molecule has 0 aromatic heterocycles. The van der Waals surface area contributed by atoms with Gasteiger partial charge in [0.2, 0.25) is 5.91 Å². The number of hydrogen-bond donors (Lipinski definition) is 1. The molecule has 2 aromatic carbocycles. The molecule has 3 nitrogen and oxygen atoms in total. The van der Waals surface area contributed by atoms with Gasteiger partial charge in [0.1, 0.15) is 5.82 Å². The maximum Gasteiger partial charge on any atom is 0.227 e. The molecule has 0 spiro atoms. The summed E-state index contributed by atoms with van der Waals surface area (Å²) in [6.45, 7) is 3.16. The fraction of sp³-hybridized carbons (Fsp3) is 0.316. The molecule has 0 saturated heterocycles. The van der Waals surface area contributed by atoms with Crippen LogP contribution in [0.2, 0.25) is 0 Å². The molecule has 1 amide bonds. The fourth-order valence-corrected chi connectivity index (χ4v) is 2.36. The molecule has 1 unspecified atom stereocenters. The van der Waals surface area contributed by atoms with E-state index in [0.29, 0.717) is 17.7 Å². The highest BCUT2D eigenvalue weighted by molar-refractivity contribution is 5.83. The monoisotopic (exact) mass is 314 g/mol. The van der Waals surface area contributed by atoms with Gasteiger partial charge in [-0.05, 0) is 38.2 Å². The van der Waals surface area contributed by atoms with E-state index in [1.807, 2.05) is 55.4 Å². The van der Waals surface area contributed by atoms with Gasteiger partial charge in [-0.3, -0.25) is 4.79 Å². The molecule has 2 rings (SSSR count). The van der Waals surface area contributed by atoms with Crippen molar-refractivity contribution < 1.29 is 9.18 Å². The van der Waals surface area contributed by atoms with Crippen molar-refractivity contribution in [1.29, 1.82) is 0 Å². The number of carbonyl (C=O) groups excluding carboxylic acids is 1. The van der Waals surface area contributed by atoms with Gasteiger partial charge in [0.05, 0.1) is 5.92 Å². The van der Waals surface area contributed by atoms with Gasteiger partial charge in [-0.25, -0.2) is 4.39 Å². The predicted octanol–water partition coefficient (Wildman–Crippen LogP) is 3.27. The molecule has 4 heteroatoms. The van der Waals surface area contributed by atoms with Crippen molar-refractivity contribution in [2.45, 2.75) is 12.8 Å². The number of carbonyl (C=O) groups is 1. The molecule has 0 heterocycles. The van der Waals surface area contributed by atoms with E-state index in [-0.39, 0.29) is 17.6 Å². The lowest BCUT2D eigenvalue weighted by atomic mass is 9.96. The Bertz CT molecular complexity index is 656. The minimum atomic E-state index is -0.378. The Balaban J connectivity index is 2.09. The largest absolute Gasteiger partial charge is 0.354 e. The van der Waals surface area contributed by atoms with Crippen molar-refractivity contribution in [1.82, 2.24) is 10.2 Å². The molecular weight excluding hydrogens is 291 g/mol. The molecule has 0 fully saturated rings. The van der Waals surface area contributed by atoms with Crippen molar-refractivity contribution in [3.05, 3.63) is 59.9 Å². The summed E-state index contributed by atoms with van der Waals surface area (Å²) in [4.78, 5) is 14.1. The third-order valence-corrected chi connectivity index (χ3v) is 3.83. The Morgan fingerprint density at radius 3 is 2.48 bits per heavy atom. The summed E-state index contributed by atoms with van der Waals surface area (Å²) in [5.41, 5.74) is 2.07. The quantitative estimate of drug-likeness (QED) is 0.887. The van der Waals surface area contributed by atoms with Crippen LogP contribution in [0.3, 0.4) is 0 Å². The normalized spacial score (nSPS) is 12.2. The van der Waals surface area contributed by atoms with E-state index in [1.54, 1.807) is 13.0 Å². The fourth-order valence-electron chi connectivity index (χ4n) is 2.36. The summed E-state index contributed by atoms with van der Waals surface area (Å²) < 4.78 is 14.4. The first-order valence-electron chi connectivity index (χ1n) is 7.76. The smallest absolute Gasteiger partial charge is 0.227 e. The summed E-state index contributed by atoms with van der Waals surface area (Å²) in [7, 11) is 3.90. The zero-order valence-corrected chi connectivity index (χ0v) is 13.8. The molecule has 0 radical (unpaired) electrons. The zero-order valence-electron chi connectivity index (χ0n) is 13.8. The summed E-state index contributed by atoms with van der Waals surface area (Å²) in [6.07, 6.45) is 0. The van der Waals surface area contributed by atoms with Crippen LogP contribution in [-0.2, 0) is 4.79 Å². The lowest BCUT2D eigenvalue weighted by Gasteiger charge is -2.15. The van der Waals surface area contributed by atoms with Crippen LogP contribution >= 0.6 is 0 Å². The van der Waals surface area contributed by atoms with Gasteiger partial charge in [-0.1, -0.05) is 42.5 Å². The van der Waals surface area contributed by atoms with Crippen molar-refractivity contribution in [3.8, 4) is 11.1 Å². The first-order chi connectivity index (χ1) is 11.0. The first-order valence-corrected chi connectivity index (χ1v) is 7.76. The van der Waals surface area contributed by atoms with Crippen LogP contribution in [0.25, 0.3) is 11.1 Å². The molecule has 122 valence electrons. The number of benzene rings is 2. The highest BCUT2D eigenvalue weighted by Crippen LogP contribution is 2.26. The van der Waals surface area contributed by atoms with Crippen molar-refractivity contribution in [2.24, 2.45) is 0 Å². The van der Waals surface area contributed by atoms with Gasteiger partial charge < -0.3 is 10.2 Å². The first kappa shape index (κ1) is 17.2. The summed E-state index contributed by atoms with van der Waals surface area (Å²) >= 11 is 0. The van der Waals surface area contributed by atoms with Gasteiger partial charge >= 0.3 is 0 Å². The van der Waals surface area contributed by atoms with Crippen molar-refractivity contribution in [2.75, 3.05) is 27.2 Å². The Morgan fingerprint density at radius 1 is 1.17 bits per heavy atom. The van der Waals surface area contributed by atoms with E-state index in [9.17, 15) is 9.18 Å². The highest BCUT2D eigenvalue weighted by atomic mass is 19.1. The third-order valence-electron chi connectivity index (χ3n) is 3.83. The van der Waals surface area contributed by atoms with Gasteiger partial charge in [0, 0.05) is 18.7 Å².